The van der Waals surface area contributed by atoms with Gasteiger partial charge in [0.15, 0.2) is 0 Å². The molecule has 1 saturated heterocycles. The quantitative estimate of drug-likeness (QED) is 0.419. The number of hydrogen-bond donors (Lipinski definition) is 3. The number of carbonyl (C=O) groups excluding carboxylic acids is 2. The third kappa shape index (κ3) is 4.66. The van der Waals surface area contributed by atoms with E-state index in [4.69, 9.17) is 4.74 Å². The van der Waals surface area contributed by atoms with Crippen molar-refractivity contribution in [3.05, 3.63) is 33.8 Å². The Morgan fingerprint density at radius 3 is 2.82 bits per heavy atom. The first-order valence-corrected chi connectivity index (χ1v) is 11.6. The number of rotatable bonds is 7. The number of H-pyrrole nitrogens is 1. The van der Waals surface area contributed by atoms with E-state index < -0.39 is 11.5 Å². The zero-order chi connectivity index (χ0) is 23.7. The molecule has 33 heavy (non-hydrogen) atoms. The van der Waals surface area contributed by atoms with Crippen LogP contribution in [0, 0.1) is 5.92 Å². The van der Waals surface area contributed by atoms with E-state index in [0.717, 1.165) is 19.3 Å². The molecule has 0 radical (unpaired) electrons. The second-order valence-electron chi connectivity index (χ2n) is 9.15. The summed E-state index contributed by atoms with van der Waals surface area (Å²) >= 11 is 0. The Morgan fingerprint density at radius 2 is 2.15 bits per heavy atom. The predicted molar refractivity (Wildman–Crippen MR) is 121 cm³/mol. The van der Waals surface area contributed by atoms with Gasteiger partial charge in [-0.25, -0.2) is 9.89 Å². The molecule has 10 heteroatoms. The Morgan fingerprint density at radius 1 is 1.39 bits per heavy atom. The fraction of sp³-hybridized carbons (Fsp3) is 0.565. The average Bonchev–Trinajstić information content (AvgIpc) is 3.50. The molecule has 3 N–H and O–H groups in total. The lowest BCUT2D eigenvalue weighted by Gasteiger charge is -2.34. The molecule has 1 aliphatic heterocycles. The van der Waals surface area contributed by atoms with Crippen LogP contribution in [0.15, 0.2) is 17.1 Å². The molecule has 0 bridgehead atoms. The fourth-order valence-electron chi connectivity index (χ4n) is 4.15. The smallest absolute Gasteiger partial charge is 0.378 e. The van der Waals surface area contributed by atoms with Crippen LogP contribution >= 0.6 is 0 Å². The van der Waals surface area contributed by atoms with E-state index in [1.807, 2.05) is 20.8 Å². The highest BCUT2D eigenvalue weighted by molar-refractivity contribution is 5.96. The summed E-state index contributed by atoms with van der Waals surface area (Å²) in [6.45, 7) is 7.92. The second-order valence-corrected chi connectivity index (χ2v) is 9.15. The van der Waals surface area contributed by atoms with Crippen molar-refractivity contribution in [2.24, 2.45) is 5.92 Å². The summed E-state index contributed by atoms with van der Waals surface area (Å²) in [6, 6.07) is 0.0831. The largest absolute Gasteiger partial charge is 0.477 e. The highest BCUT2D eigenvalue weighted by Crippen LogP contribution is 2.21. The van der Waals surface area contributed by atoms with Crippen LogP contribution in [0.25, 0.3) is 11.7 Å². The Hall–Kier alpha value is -3.14. The molecule has 0 spiro atoms. The molecule has 1 saturated carbocycles. The van der Waals surface area contributed by atoms with E-state index in [1.54, 1.807) is 21.7 Å². The van der Waals surface area contributed by atoms with Crippen molar-refractivity contribution in [1.29, 1.82) is 0 Å². The van der Waals surface area contributed by atoms with Crippen molar-refractivity contribution in [2.45, 2.75) is 58.7 Å². The molecule has 4 rings (SSSR count). The first kappa shape index (κ1) is 23.0. The summed E-state index contributed by atoms with van der Waals surface area (Å²) in [5.74, 6) is -0.946. The van der Waals surface area contributed by atoms with Crippen molar-refractivity contribution >= 4 is 23.5 Å². The lowest BCUT2D eigenvalue weighted by molar-refractivity contribution is -0.686. The summed E-state index contributed by atoms with van der Waals surface area (Å²) < 4.78 is 8.28. The maximum atomic E-state index is 13.1. The summed E-state index contributed by atoms with van der Waals surface area (Å²) in [4.78, 5) is 40.4. The zero-order valence-corrected chi connectivity index (χ0v) is 19.3. The number of hydrogen-bond acceptors (Lipinski definition) is 5. The molecule has 2 aromatic rings. The number of fused-ring (bicyclic) bond motifs is 1. The van der Waals surface area contributed by atoms with Gasteiger partial charge in [-0.3, -0.25) is 9.59 Å². The molecule has 2 aliphatic rings. The molecule has 0 unspecified atom stereocenters. The first-order valence-electron chi connectivity index (χ1n) is 11.6. The Balaban J connectivity index is 1.74. The normalized spacial score (nSPS) is 19.0. The number of aromatic nitrogens is 3. The number of morpholine rings is 1. The molecule has 0 aromatic carbocycles. The van der Waals surface area contributed by atoms with Crippen molar-refractivity contribution in [2.75, 3.05) is 19.8 Å². The lowest BCUT2D eigenvalue weighted by Crippen LogP contribution is -2.47. The Labute approximate surface area is 191 Å². The molecule has 3 heterocycles. The highest BCUT2D eigenvalue weighted by Gasteiger charge is 2.34. The highest BCUT2D eigenvalue weighted by atomic mass is 16.5. The van der Waals surface area contributed by atoms with Gasteiger partial charge in [-0.2, -0.15) is 4.57 Å². The van der Waals surface area contributed by atoms with Crippen LogP contribution in [0.5, 0.6) is 5.88 Å². The fourth-order valence-corrected chi connectivity index (χ4v) is 4.15. The number of aromatic amines is 1. The molecule has 1 atom stereocenters. The van der Waals surface area contributed by atoms with Gasteiger partial charge in [-0.05, 0) is 31.3 Å². The summed E-state index contributed by atoms with van der Waals surface area (Å²) in [6.07, 6.45) is 7.25. The van der Waals surface area contributed by atoms with Crippen LogP contribution in [0.1, 0.15) is 56.0 Å². The molecule has 1 aliphatic carbocycles. The standard InChI is InChI=1S/C23H31N5O5/c1-4-17-13-33-10-9-26(17)18(29)8-5-15-11-24-28-21(15)27(12-14(2)3)22(31)19(23(28)32)20(30)25-16-6-7-16/h5,8,11,14,16-17H,4,6-7,9-10,12-13H2,1-3H3,(H2,25,30,31,32)/p+1/b8-5+/t17-/m1/s1. The minimum absolute atomic E-state index is 0.0314. The van der Waals surface area contributed by atoms with Gasteiger partial charge in [0.1, 0.15) is 0 Å². The third-order valence-electron chi connectivity index (χ3n) is 6.05. The third-order valence-corrected chi connectivity index (χ3v) is 6.05. The van der Waals surface area contributed by atoms with Gasteiger partial charge in [-0.1, -0.05) is 25.3 Å². The molecular formula is C23H32N5O5+. The van der Waals surface area contributed by atoms with Crippen molar-refractivity contribution in [3.63, 3.8) is 0 Å². The van der Waals surface area contributed by atoms with Gasteiger partial charge < -0.3 is 20.1 Å². The van der Waals surface area contributed by atoms with Gasteiger partial charge in [0.05, 0.1) is 37.6 Å². The Bertz CT molecular complexity index is 1140. The van der Waals surface area contributed by atoms with Crippen molar-refractivity contribution < 1.29 is 24.0 Å². The maximum Gasteiger partial charge on any atom is 0.378 e. The number of carbonyl (C=O) groups is 2. The maximum absolute atomic E-state index is 13.1. The van der Waals surface area contributed by atoms with Gasteiger partial charge in [-0.15, -0.1) is 0 Å². The van der Waals surface area contributed by atoms with Crippen molar-refractivity contribution in [3.8, 4) is 5.88 Å². The predicted octanol–water partition coefficient (Wildman–Crippen LogP) is 0.820. The Kier molecular flexibility index (Phi) is 6.55. The second kappa shape index (κ2) is 9.38. The number of ether oxygens (including phenoxy) is 1. The molecular weight excluding hydrogens is 426 g/mol. The molecule has 178 valence electrons. The van der Waals surface area contributed by atoms with Gasteiger partial charge in [0.2, 0.25) is 11.5 Å². The van der Waals surface area contributed by atoms with E-state index in [9.17, 15) is 19.5 Å². The average molecular weight is 459 g/mol. The van der Waals surface area contributed by atoms with Crippen LogP contribution in [0.3, 0.4) is 0 Å². The summed E-state index contributed by atoms with van der Waals surface area (Å²) in [5, 5.41) is 16.6. The molecule has 2 amide bonds. The summed E-state index contributed by atoms with van der Waals surface area (Å²) in [5.41, 5.74) is 0.0394. The minimum atomic E-state index is -0.633. The van der Waals surface area contributed by atoms with Crippen LogP contribution in [0.4, 0.5) is 0 Å². The van der Waals surface area contributed by atoms with Crippen LogP contribution in [0.2, 0.25) is 0 Å². The van der Waals surface area contributed by atoms with Gasteiger partial charge >= 0.3 is 17.1 Å². The number of nitrogens with zero attached hydrogens (tertiary/aromatic N) is 3. The first-order chi connectivity index (χ1) is 15.8. The lowest BCUT2D eigenvalue weighted by atomic mass is 10.1. The van der Waals surface area contributed by atoms with Crippen LogP contribution < -0.4 is 15.4 Å². The molecule has 2 fully saturated rings. The van der Waals surface area contributed by atoms with E-state index in [2.05, 4.69) is 10.4 Å². The zero-order valence-electron chi connectivity index (χ0n) is 19.3. The number of amides is 2. The number of aromatic hydroxyl groups is 1. The molecule has 10 nitrogen and oxygen atoms in total. The molecule has 2 aromatic heterocycles. The SMILES string of the molecule is CC[C@@H]1COCCN1C(=O)/C=C/c1c[nH]n2c(=O)c(C(=O)NC3CC3)c(O)[n+](CC(C)C)c12. The van der Waals surface area contributed by atoms with Gasteiger partial charge in [0.25, 0.3) is 5.91 Å². The van der Waals surface area contributed by atoms with E-state index >= 15 is 0 Å². The van der Waals surface area contributed by atoms with Crippen LogP contribution in [-0.2, 0) is 16.1 Å². The minimum Gasteiger partial charge on any atom is -0.477 e. The van der Waals surface area contributed by atoms with Crippen molar-refractivity contribution in [1.82, 2.24) is 19.8 Å². The summed E-state index contributed by atoms with van der Waals surface area (Å²) in [7, 11) is 0. The van der Waals surface area contributed by atoms with E-state index in [-0.39, 0.29) is 35.4 Å². The van der Waals surface area contributed by atoms with E-state index in [0.29, 0.717) is 37.5 Å². The van der Waals surface area contributed by atoms with Gasteiger partial charge in [0, 0.05) is 18.7 Å². The van der Waals surface area contributed by atoms with Crippen LogP contribution in [-0.4, -0.2) is 63.3 Å². The van der Waals surface area contributed by atoms with E-state index in [1.165, 1.54) is 10.6 Å². The number of nitrogens with one attached hydrogen (secondary N) is 2. The topological polar surface area (TPSA) is 120 Å². The monoisotopic (exact) mass is 458 g/mol.